The van der Waals surface area contributed by atoms with E-state index in [0.29, 0.717) is 5.56 Å². The number of rotatable bonds is 6. The molecule has 0 aliphatic carbocycles. The van der Waals surface area contributed by atoms with Crippen LogP contribution in [0.1, 0.15) is 36.1 Å². The van der Waals surface area contributed by atoms with Crippen molar-refractivity contribution in [1.82, 2.24) is 15.5 Å². The molecule has 0 aliphatic heterocycles. The maximum atomic E-state index is 13.4. The molecule has 1 atom stereocenters. The first kappa shape index (κ1) is 19.2. The Bertz CT molecular complexity index is 1020. The molecule has 1 heterocycles. The van der Waals surface area contributed by atoms with Gasteiger partial charge in [0.1, 0.15) is 11.9 Å². The van der Waals surface area contributed by atoms with E-state index in [1.807, 2.05) is 13.8 Å². The van der Waals surface area contributed by atoms with E-state index in [2.05, 4.69) is 15.5 Å². The summed E-state index contributed by atoms with van der Waals surface area (Å²) in [5.41, 5.74) is 0.496. The van der Waals surface area contributed by atoms with Gasteiger partial charge in [0.05, 0.1) is 4.92 Å². The Kier molecular flexibility index (Phi) is 5.44. The van der Waals surface area contributed by atoms with Gasteiger partial charge in [-0.2, -0.15) is 4.98 Å². The van der Waals surface area contributed by atoms with E-state index in [4.69, 9.17) is 4.52 Å². The van der Waals surface area contributed by atoms with Crippen molar-refractivity contribution in [2.45, 2.75) is 19.9 Å². The number of carbonyl (C=O) groups excluding carboxylic acids is 1. The number of carbonyl (C=O) groups is 1. The van der Waals surface area contributed by atoms with E-state index in [1.54, 1.807) is 6.07 Å². The number of nitrogens with zero attached hydrogens (tertiary/aromatic N) is 3. The summed E-state index contributed by atoms with van der Waals surface area (Å²) in [7, 11) is 0. The molecule has 0 saturated carbocycles. The maximum absolute atomic E-state index is 13.4. The van der Waals surface area contributed by atoms with E-state index in [0.717, 1.165) is 6.07 Å². The lowest BCUT2D eigenvalue weighted by Crippen LogP contribution is -2.32. The molecule has 0 radical (unpaired) electrons. The molecule has 1 N–H and O–H groups in total. The van der Waals surface area contributed by atoms with Crippen LogP contribution in [-0.2, 0) is 0 Å². The van der Waals surface area contributed by atoms with Crippen LogP contribution in [0.3, 0.4) is 0 Å². The molecule has 2 aromatic carbocycles. The van der Waals surface area contributed by atoms with E-state index >= 15 is 0 Å². The number of nitro benzene ring substituents is 1. The van der Waals surface area contributed by atoms with Crippen molar-refractivity contribution in [3.05, 3.63) is 75.9 Å². The molecule has 1 unspecified atom stereocenters. The van der Waals surface area contributed by atoms with Crippen molar-refractivity contribution in [3.63, 3.8) is 0 Å². The molecule has 144 valence electrons. The molecule has 0 spiro atoms. The van der Waals surface area contributed by atoms with E-state index < -0.39 is 22.7 Å². The third-order valence-electron chi connectivity index (χ3n) is 4.06. The van der Waals surface area contributed by atoms with Gasteiger partial charge in [0.25, 0.3) is 11.6 Å². The second kappa shape index (κ2) is 7.95. The monoisotopic (exact) mass is 384 g/mol. The molecule has 1 aromatic heterocycles. The topological polar surface area (TPSA) is 111 Å². The third kappa shape index (κ3) is 4.20. The molecule has 1 amide bonds. The summed E-state index contributed by atoms with van der Waals surface area (Å²) >= 11 is 0. The Balaban J connectivity index is 1.85. The van der Waals surface area contributed by atoms with Crippen LogP contribution in [0, 0.1) is 21.8 Å². The molecule has 28 heavy (non-hydrogen) atoms. The Morgan fingerprint density at radius 2 is 1.96 bits per heavy atom. The number of aromatic nitrogens is 2. The van der Waals surface area contributed by atoms with Crippen LogP contribution in [0.5, 0.6) is 0 Å². The summed E-state index contributed by atoms with van der Waals surface area (Å²) in [6.07, 6.45) is 0. The van der Waals surface area contributed by atoms with Crippen molar-refractivity contribution in [1.29, 1.82) is 0 Å². The number of hydrogen-bond donors (Lipinski definition) is 1. The fourth-order valence-electron chi connectivity index (χ4n) is 2.61. The van der Waals surface area contributed by atoms with Crippen LogP contribution in [-0.4, -0.2) is 21.0 Å². The Labute approximate surface area is 159 Å². The average molecular weight is 384 g/mol. The highest BCUT2D eigenvalue weighted by atomic mass is 19.1. The first-order valence-corrected chi connectivity index (χ1v) is 8.50. The van der Waals surface area contributed by atoms with Gasteiger partial charge in [0.2, 0.25) is 11.7 Å². The molecule has 0 fully saturated rings. The van der Waals surface area contributed by atoms with Crippen molar-refractivity contribution in [3.8, 4) is 11.4 Å². The van der Waals surface area contributed by atoms with Crippen LogP contribution in [0.25, 0.3) is 11.4 Å². The van der Waals surface area contributed by atoms with Gasteiger partial charge in [0.15, 0.2) is 0 Å². The molecule has 8 nitrogen and oxygen atoms in total. The number of nitro groups is 1. The summed E-state index contributed by atoms with van der Waals surface area (Å²) in [5.74, 6) is -0.769. The largest absolute Gasteiger partial charge is 0.340 e. The predicted octanol–water partition coefficient (Wildman–Crippen LogP) is 3.91. The van der Waals surface area contributed by atoms with E-state index in [9.17, 15) is 19.3 Å². The minimum atomic E-state index is -0.615. The van der Waals surface area contributed by atoms with Crippen molar-refractivity contribution in [2.75, 3.05) is 0 Å². The predicted molar refractivity (Wildman–Crippen MR) is 97.8 cm³/mol. The Morgan fingerprint density at radius 3 is 2.64 bits per heavy atom. The maximum Gasteiger partial charge on any atom is 0.270 e. The minimum absolute atomic E-state index is 0.0938. The lowest BCUT2D eigenvalue weighted by Gasteiger charge is -2.18. The molecular formula is C19H17FN4O4. The summed E-state index contributed by atoms with van der Waals surface area (Å²) in [4.78, 5) is 27.1. The summed E-state index contributed by atoms with van der Waals surface area (Å²) in [5, 5.41) is 17.6. The summed E-state index contributed by atoms with van der Waals surface area (Å²) in [6, 6.07) is 10.6. The number of non-ortho nitro benzene ring substituents is 1. The van der Waals surface area contributed by atoms with Crippen LogP contribution < -0.4 is 5.32 Å². The van der Waals surface area contributed by atoms with Gasteiger partial charge in [-0.25, -0.2) is 4.39 Å². The lowest BCUT2D eigenvalue weighted by atomic mass is 10.0. The van der Waals surface area contributed by atoms with Crippen LogP contribution >= 0.6 is 0 Å². The molecule has 0 saturated heterocycles. The van der Waals surface area contributed by atoms with Gasteiger partial charge in [-0.1, -0.05) is 37.2 Å². The summed E-state index contributed by atoms with van der Waals surface area (Å²) < 4.78 is 18.6. The van der Waals surface area contributed by atoms with Gasteiger partial charge in [-0.15, -0.1) is 0 Å². The third-order valence-corrected chi connectivity index (χ3v) is 4.06. The van der Waals surface area contributed by atoms with Crippen LogP contribution in [0.2, 0.25) is 0 Å². The fraction of sp³-hybridized carbons (Fsp3) is 0.211. The molecule has 3 aromatic rings. The highest BCUT2D eigenvalue weighted by Gasteiger charge is 2.25. The van der Waals surface area contributed by atoms with Crippen molar-refractivity contribution < 1.29 is 18.6 Å². The van der Waals surface area contributed by atoms with Crippen molar-refractivity contribution >= 4 is 11.6 Å². The zero-order chi connectivity index (χ0) is 20.3. The smallest absolute Gasteiger partial charge is 0.270 e. The Hall–Kier alpha value is -3.62. The zero-order valence-corrected chi connectivity index (χ0v) is 15.1. The average Bonchev–Trinajstić information content (AvgIpc) is 3.15. The molecule has 0 aliphatic rings. The lowest BCUT2D eigenvalue weighted by molar-refractivity contribution is -0.384. The molecule has 9 heteroatoms. The van der Waals surface area contributed by atoms with E-state index in [-0.39, 0.29) is 28.9 Å². The van der Waals surface area contributed by atoms with Gasteiger partial charge < -0.3 is 9.84 Å². The second-order valence-corrected chi connectivity index (χ2v) is 6.47. The number of amides is 1. The van der Waals surface area contributed by atoms with Gasteiger partial charge in [-0.05, 0) is 24.1 Å². The number of nitrogens with one attached hydrogen (secondary N) is 1. The van der Waals surface area contributed by atoms with E-state index in [1.165, 1.54) is 36.4 Å². The highest BCUT2D eigenvalue weighted by Crippen LogP contribution is 2.26. The van der Waals surface area contributed by atoms with Gasteiger partial charge in [0, 0.05) is 23.3 Å². The zero-order valence-electron chi connectivity index (χ0n) is 15.1. The molecule has 3 rings (SSSR count). The standard InChI is InChI=1S/C19H17FN4O4/c1-11(2)16(21-18(25)13-6-3-7-14(20)9-13)19-22-17(23-28-19)12-5-4-8-15(10-12)24(26)27/h3-11,16H,1-2H3,(H,21,25). The molecular weight excluding hydrogens is 367 g/mol. The van der Waals surface area contributed by atoms with Gasteiger partial charge in [-0.3, -0.25) is 14.9 Å². The number of benzene rings is 2. The SMILES string of the molecule is CC(C)C(NC(=O)c1cccc(F)c1)c1nc(-c2cccc([N+](=O)[O-])c2)no1. The van der Waals surface area contributed by atoms with Gasteiger partial charge >= 0.3 is 0 Å². The number of halogens is 1. The quantitative estimate of drug-likeness (QED) is 0.509. The highest BCUT2D eigenvalue weighted by molar-refractivity contribution is 5.94. The molecule has 0 bridgehead atoms. The normalized spacial score (nSPS) is 12.0. The van der Waals surface area contributed by atoms with Crippen LogP contribution in [0.15, 0.2) is 53.1 Å². The first-order chi connectivity index (χ1) is 13.3. The fourth-order valence-corrected chi connectivity index (χ4v) is 2.61. The van der Waals surface area contributed by atoms with Crippen molar-refractivity contribution in [2.24, 2.45) is 5.92 Å². The summed E-state index contributed by atoms with van der Waals surface area (Å²) in [6.45, 7) is 3.71. The first-order valence-electron chi connectivity index (χ1n) is 8.50. The Morgan fingerprint density at radius 1 is 1.21 bits per heavy atom. The number of hydrogen-bond acceptors (Lipinski definition) is 6. The minimum Gasteiger partial charge on any atom is -0.340 e. The van der Waals surface area contributed by atoms with Crippen LogP contribution in [0.4, 0.5) is 10.1 Å². The second-order valence-electron chi connectivity index (χ2n) is 6.47.